The molecule has 1 atom stereocenters. The van der Waals surface area contributed by atoms with Crippen LogP contribution in [0.5, 0.6) is 11.5 Å². The lowest BCUT2D eigenvalue weighted by Gasteiger charge is -2.38. The summed E-state index contributed by atoms with van der Waals surface area (Å²) in [7, 11) is 1.36. The van der Waals surface area contributed by atoms with Crippen LogP contribution in [0.3, 0.4) is 0 Å². The van der Waals surface area contributed by atoms with Crippen LogP contribution < -0.4 is 10.2 Å². The van der Waals surface area contributed by atoms with Crippen molar-refractivity contribution >= 4 is 12.1 Å². The average Bonchev–Trinajstić information content (AvgIpc) is 3.33. The molecule has 5 rings (SSSR count). The van der Waals surface area contributed by atoms with Gasteiger partial charge >= 0.3 is 12.1 Å². The summed E-state index contributed by atoms with van der Waals surface area (Å²) in [6.45, 7) is 7.54. The summed E-state index contributed by atoms with van der Waals surface area (Å²) >= 11 is 0. The minimum Gasteiger partial charge on any atom is -0.464 e. The number of fused-ring (bicyclic) bond motifs is 1. The zero-order valence-electron chi connectivity index (χ0n) is 23.3. The molecule has 1 aromatic heterocycles. The van der Waals surface area contributed by atoms with Gasteiger partial charge in [0.1, 0.15) is 34.4 Å². The number of methoxy groups -OCH3 is 1. The maximum Gasteiger partial charge on any atom is 0.410 e. The fourth-order valence-corrected chi connectivity index (χ4v) is 5.37. The maximum absolute atomic E-state index is 13.2. The molecule has 1 amide bonds. The van der Waals surface area contributed by atoms with Crippen LogP contribution in [-0.4, -0.2) is 59.0 Å². The van der Waals surface area contributed by atoms with Crippen molar-refractivity contribution in [1.29, 1.82) is 0 Å². The number of carbonyl (C=O) groups is 2. The molecular weight excluding hydrogens is 515 g/mol. The van der Waals surface area contributed by atoms with Gasteiger partial charge in [0.05, 0.1) is 7.11 Å². The summed E-state index contributed by atoms with van der Waals surface area (Å²) in [4.78, 5) is 32.3. The minimum absolute atomic E-state index is 0.125. The van der Waals surface area contributed by atoms with Crippen LogP contribution >= 0.6 is 0 Å². The average molecular weight is 551 g/mol. The Kier molecular flexibility index (Phi) is 7.69. The van der Waals surface area contributed by atoms with E-state index in [1.807, 2.05) is 32.9 Å². The van der Waals surface area contributed by atoms with Crippen LogP contribution in [0.25, 0.3) is 11.3 Å². The van der Waals surface area contributed by atoms with E-state index in [9.17, 15) is 14.0 Å². The Hall–Kier alpha value is -4.08. The first kappa shape index (κ1) is 27.5. The number of nitrogens with one attached hydrogen (secondary N) is 1. The van der Waals surface area contributed by atoms with Gasteiger partial charge in [0, 0.05) is 31.1 Å². The first-order valence-corrected chi connectivity index (χ1v) is 13.6. The zero-order valence-corrected chi connectivity index (χ0v) is 23.3. The number of likely N-dealkylation sites (tertiary alicyclic amines) is 1. The van der Waals surface area contributed by atoms with Gasteiger partial charge in [-0.2, -0.15) is 0 Å². The predicted molar refractivity (Wildman–Crippen MR) is 148 cm³/mol. The Balaban J connectivity index is 1.37. The third-order valence-electron chi connectivity index (χ3n) is 7.28. The molecule has 1 fully saturated rings. The number of hydrogen-bond acceptors (Lipinski definition) is 7. The highest BCUT2D eigenvalue weighted by atomic mass is 19.1. The lowest BCUT2D eigenvalue weighted by molar-refractivity contribution is 0.0170. The Bertz CT molecular complexity index is 1360. The number of hydrogen-bond donors (Lipinski definition) is 1. The highest BCUT2D eigenvalue weighted by Crippen LogP contribution is 2.39. The van der Waals surface area contributed by atoms with Gasteiger partial charge in [-0.25, -0.2) is 23.6 Å². The highest BCUT2D eigenvalue weighted by molar-refractivity contribution is 5.95. The standard InChI is InChI=1S/C30H35FN4O5/c1-30(2,3)40-29(37)34-17-14-19(15-18-34)24-13-16-32-35-26(28(36)38-4)25(33-27(24)35)20-5-9-22(10-6-20)39-23-11-7-21(31)8-12-23/h5-12,19,24,32H,13-18H2,1-4H3. The zero-order chi connectivity index (χ0) is 28.4. The topological polar surface area (TPSA) is 94.9 Å². The number of carbonyl (C=O) groups excluding carboxylic acids is 2. The number of halogens is 1. The van der Waals surface area contributed by atoms with Gasteiger partial charge < -0.3 is 24.5 Å². The van der Waals surface area contributed by atoms with Crippen LogP contribution in [0, 0.1) is 11.7 Å². The molecule has 3 heterocycles. The third kappa shape index (κ3) is 5.90. The monoisotopic (exact) mass is 550 g/mol. The largest absolute Gasteiger partial charge is 0.464 e. The van der Waals surface area contributed by atoms with Crippen molar-refractivity contribution < 1.29 is 28.2 Å². The molecule has 0 spiro atoms. The smallest absolute Gasteiger partial charge is 0.410 e. The summed E-state index contributed by atoms with van der Waals surface area (Å²) in [5, 5.41) is 0. The van der Waals surface area contributed by atoms with E-state index in [0.717, 1.165) is 30.7 Å². The van der Waals surface area contributed by atoms with Crippen molar-refractivity contribution in [3.63, 3.8) is 0 Å². The first-order chi connectivity index (χ1) is 19.1. The second-order valence-corrected chi connectivity index (χ2v) is 11.2. The summed E-state index contributed by atoms with van der Waals surface area (Å²) in [6, 6.07) is 13.1. The first-order valence-electron chi connectivity index (χ1n) is 13.6. The SMILES string of the molecule is COC(=O)c1c(-c2ccc(Oc3ccc(F)cc3)cc2)nc2n1NCCC2C1CCN(C(=O)OC(C)(C)C)CC1. The molecule has 10 heteroatoms. The Morgan fingerprint density at radius 1 is 0.975 bits per heavy atom. The van der Waals surface area contributed by atoms with Crippen molar-refractivity contribution in [1.82, 2.24) is 14.6 Å². The van der Waals surface area contributed by atoms with Crippen LogP contribution in [0.1, 0.15) is 62.3 Å². The third-order valence-corrected chi connectivity index (χ3v) is 7.28. The summed E-state index contributed by atoms with van der Waals surface area (Å²) in [6.07, 6.45) is 2.25. The lowest BCUT2D eigenvalue weighted by Crippen LogP contribution is -2.43. The van der Waals surface area contributed by atoms with Crippen LogP contribution in [0.15, 0.2) is 48.5 Å². The van der Waals surface area contributed by atoms with E-state index in [2.05, 4.69) is 5.43 Å². The quantitative estimate of drug-likeness (QED) is 0.393. The molecule has 2 aliphatic heterocycles. The number of piperidine rings is 1. The molecule has 3 aromatic rings. The Morgan fingerprint density at radius 2 is 1.60 bits per heavy atom. The van der Waals surface area contributed by atoms with E-state index in [4.69, 9.17) is 19.2 Å². The molecule has 0 saturated carbocycles. The van der Waals surface area contributed by atoms with E-state index in [1.54, 1.807) is 33.8 Å². The molecule has 0 aliphatic carbocycles. The van der Waals surface area contributed by atoms with E-state index in [1.165, 1.54) is 19.2 Å². The van der Waals surface area contributed by atoms with Crippen molar-refractivity contribution in [2.45, 2.75) is 51.6 Å². The van der Waals surface area contributed by atoms with Gasteiger partial charge in [-0.05, 0) is 94.5 Å². The summed E-state index contributed by atoms with van der Waals surface area (Å²) < 4.78 is 31.5. The Morgan fingerprint density at radius 3 is 2.20 bits per heavy atom. The number of aromatic nitrogens is 2. The molecule has 1 N–H and O–H groups in total. The van der Waals surface area contributed by atoms with Crippen molar-refractivity contribution in [2.75, 3.05) is 32.2 Å². The maximum atomic E-state index is 13.2. The number of benzene rings is 2. The number of nitrogens with zero attached hydrogens (tertiary/aromatic N) is 3. The number of amides is 1. The highest BCUT2D eigenvalue weighted by Gasteiger charge is 2.37. The van der Waals surface area contributed by atoms with E-state index < -0.39 is 11.6 Å². The molecule has 1 saturated heterocycles. The van der Waals surface area contributed by atoms with Crippen molar-refractivity contribution in [2.24, 2.45) is 5.92 Å². The van der Waals surface area contributed by atoms with Gasteiger partial charge in [0.15, 0.2) is 5.69 Å². The van der Waals surface area contributed by atoms with E-state index in [-0.39, 0.29) is 17.8 Å². The molecule has 40 heavy (non-hydrogen) atoms. The van der Waals surface area contributed by atoms with Crippen LogP contribution in [0.4, 0.5) is 9.18 Å². The lowest BCUT2D eigenvalue weighted by atomic mass is 9.81. The van der Waals surface area contributed by atoms with Gasteiger partial charge in [0.25, 0.3) is 0 Å². The molecule has 2 aromatic carbocycles. The molecule has 0 radical (unpaired) electrons. The fraction of sp³-hybridized carbons (Fsp3) is 0.433. The minimum atomic E-state index is -0.528. The molecular formula is C30H35FN4O5. The van der Waals surface area contributed by atoms with E-state index in [0.29, 0.717) is 48.4 Å². The molecule has 0 bridgehead atoms. The van der Waals surface area contributed by atoms with Gasteiger partial charge in [0.2, 0.25) is 0 Å². The van der Waals surface area contributed by atoms with Crippen LogP contribution in [-0.2, 0) is 9.47 Å². The number of imidazole rings is 1. The number of esters is 1. The van der Waals surface area contributed by atoms with Crippen LogP contribution in [0.2, 0.25) is 0 Å². The number of rotatable bonds is 5. The van der Waals surface area contributed by atoms with Gasteiger partial charge in [-0.3, -0.25) is 0 Å². The second kappa shape index (κ2) is 11.2. The van der Waals surface area contributed by atoms with E-state index >= 15 is 0 Å². The fourth-order valence-electron chi connectivity index (χ4n) is 5.37. The summed E-state index contributed by atoms with van der Waals surface area (Å²) in [5.74, 6) is 1.52. The molecule has 9 nitrogen and oxygen atoms in total. The second-order valence-electron chi connectivity index (χ2n) is 11.2. The predicted octanol–water partition coefficient (Wildman–Crippen LogP) is 5.95. The van der Waals surface area contributed by atoms with Gasteiger partial charge in [-0.15, -0.1) is 0 Å². The normalized spacial score (nSPS) is 17.5. The molecule has 212 valence electrons. The molecule has 1 unspecified atom stereocenters. The van der Waals surface area contributed by atoms with Crippen molar-refractivity contribution in [3.05, 3.63) is 65.9 Å². The Labute approximate surface area is 233 Å². The molecule has 2 aliphatic rings. The number of ether oxygens (including phenoxy) is 3. The van der Waals surface area contributed by atoms with Gasteiger partial charge in [-0.1, -0.05) is 0 Å². The van der Waals surface area contributed by atoms with Crippen molar-refractivity contribution in [3.8, 4) is 22.8 Å². The summed E-state index contributed by atoms with van der Waals surface area (Å²) in [5.41, 5.74) is 4.41.